The third kappa shape index (κ3) is 26.1. The number of primary amides is 1. The first-order chi connectivity index (χ1) is 44.4. The van der Waals surface area contributed by atoms with E-state index in [1.54, 1.807) is 58.9 Å². The van der Waals surface area contributed by atoms with Crippen molar-refractivity contribution in [3.8, 4) is 0 Å². The molecule has 15 atom stereocenters. The van der Waals surface area contributed by atoms with Crippen LogP contribution in [0.4, 0.5) is 0 Å². The van der Waals surface area contributed by atoms with Crippen molar-refractivity contribution < 1.29 is 78.0 Å². The number of rotatable bonds is 22. The second-order valence-corrected chi connectivity index (χ2v) is 25.7. The number of aliphatic hydroxyl groups excluding tert-OH is 4. The molecular formula is C62H99N17O16. The Bertz CT molecular complexity index is 3000. The summed E-state index contributed by atoms with van der Waals surface area (Å²) in [5.74, 6) is -16.8. The van der Waals surface area contributed by atoms with E-state index in [2.05, 4.69) is 63.5 Å². The number of benzene rings is 1. The lowest BCUT2D eigenvalue weighted by Crippen LogP contribution is -2.65. The van der Waals surface area contributed by atoms with Crippen molar-refractivity contribution in [1.82, 2.24) is 68.8 Å². The molecule has 2 heterocycles. The molecule has 12 amide bonds. The summed E-state index contributed by atoms with van der Waals surface area (Å²) in [6.45, 7) is 15.6. The number of nitrogens with zero attached hydrogens (tertiary/aromatic N) is 1. The zero-order valence-electron chi connectivity index (χ0n) is 55.7. The molecule has 2 aromatic rings. The highest BCUT2D eigenvalue weighted by Crippen LogP contribution is 2.23. The Kier molecular flexibility index (Phi) is 32.0. The summed E-state index contributed by atoms with van der Waals surface area (Å²) in [7, 11) is 0. The summed E-state index contributed by atoms with van der Waals surface area (Å²) >= 11 is 0. The maximum absolute atomic E-state index is 15.6. The second kappa shape index (κ2) is 37.8. The predicted octanol–water partition coefficient (Wildman–Crippen LogP) is -5.36. The van der Waals surface area contributed by atoms with E-state index in [-0.39, 0.29) is 56.3 Å². The molecule has 1 fully saturated rings. The molecule has 23 N–H and O–H groups in total. The minimum atomic E-state index is -2.57. The van der Waals surface area contributed by atoms with Crippen LogP contribution in [0, 0.1) is 35.5 Å². The van der Waals surface area contributed by atoms with Crippen LogP contribution in [0.25, 0.3) is 0 Å². The minimum absolute atomic E-state index is 0.0102. The van der Waals surface area contributed by atoms with Crippen molar-refractivity contribution in [2.24, 2.45) is 40.4 Å². The van der Waals surface area contributed by atoms with Crippen molar-refractivity contribution in [3.63, 3.8) is 0 Å². The molecule has 1 aromatic heterocycles. The van der Waals surface area contributed by atoms with Crippen LogP contribution in [-0.2, 0) is 64.0 Å². The zero-order chi connectivity index (χ0) is 71.8. The third-order valence-corrected chi connectivity index (χ3v) is 15.4. The summed E-state index contributed by atoms with van der Waals surface area (Å²) in [6, 6.07) is -7.66. The smallest absolute Gasteiger partial charge is 0.248 e. The van der Waals surface area contributed by atoms with E-state index >= 15 is 14.4 Å². The van der Waals surface area contributed by atoms with Crippen LogP contribution in [0.5, 0.6) is 0 Å². The fourth-order valence-electron chi connectivity index (χ4n) is 9.97. The Morgan fingerprint density at radius 2 is 1.25 bits per heavy atom. The van der Waals surface area contributed by atoms with Crippen LogP contribution in [-0.4, -0.2) is 201 Å². The molecule has 528 valence electrons. The molecule has 0 saturated carbocycles. The van der Waals surface area contributed by atoms with Crippen molar-refractivity contribution in [3.05, 3.63) is 65.5 Å². The monoisotopic (exact) mass is 1340 g/mol. The number of carbonyl (C=O) groups is 12. The highest BCUT2D eigenvalue weighted by molar-refractivity contribution is 6.01. The molecule has 33 heteroatoms. The quantitative estimate of drug-likeness (QED) is 0.0297. The average Bonchev–Trinajstić information content (AvgIpc) is 0.835. The Hall–Kier alpha value is -8.92. The summed E-state index contributed by atoms with van der Waals surface area (Å²) in [4.78, 5) is 176. The predicted molar refractivity (Wildman–Crippen MR) is 345 cm³/mol. The van der Waals surface area contributed by atoms with Crippen LogP contribution in [0.1, 0.15) is 124 Å². The van der Waals surface area contributed by atoms with Gasteiger partial charge in [-0.3, -0.25) is 67.9 Å². The normalized spacial score (nSPS) is 24.1. The SMILES string of the molecule is CC[C@H](C)[C@@H]1NC(=O)[C@@H](CCCNC(=N)N)NC(=O)[C@H](CC(C)C)NC(=O)[C@H]([C@H](O)C(C)C)NC(=O)[C@@H](NC(=O)[C@H](Cc2cccc(C)n2)NC(=O)[C@H](N)CC(C)(C)C)[C@@H](c2ccccc2)NC(=O)[C@H](CO)NC(=O)[C@H]([C@H](O)C(N)=O)NC(=O)CNC(=O)[C@H]([C@H](C)O)NC1=O. The van der Waals surface area contributed by atoms with Gasteiger partial charge in [0, 0.05) is 24.4 Å². The third-order valence-electron chi connectivity index (χ3n) is 15.4. The number of guanidine groups is 1. The lowest BCUT2D eigenvalue weighted by molar-refractivity contribution is -0.140. The molecule has 3 rings (SSSR count). The maximum atomic E-state index is 15.6. The Balaban J connectivity index is 2.45. The lowest BCUT2D eigenvalue weighted by Gasteiger charge is -2.34. The molecule has 1 saturated heterocycles. The molecule has 0 bridgehead atoms. The summed E-state index contributed by atoms with van der Waals surface area (Å²) in [6.07, 6.45) is -6.34. The van der Waals surface area contributed by atoms with Gasteiger partial charge in [-0.05, 0) is 80.4 Å². The van der Waals surface area contributed by atoms with Gasteiger partial charge in [0.25, 0.3) is 0 Å². The molecule has 95 heavy (non-hydrogen) atoms. The van der Waals surface area contributed by atoms with Crippen molar-refractivity contribution in [1.29, 1.82) is 5.41 Å². The average molecular weight is 1340 g/mol. The Morgan fingerprint density at radius 3 is 1.81 bits per heavy atom. The number of nitrogens with two attached hydrogens (primary N) is 3. The maximum Gasteiger partial charge on any atom is 0.248 e. The summed E-state index contributed by atoms with van der Waals surface area (Å²) in [5, 5.41) is 81.4. The summed E-state index contributed by atoms with van der Waals surface area (Å²) < 4.78 is 0. The van der Waals surface area contributed by atoms with Gasteiger partial charge in [-0.1, -0.05) is 105 Å². The molecule has 1 aromatic carbocycles. The van der Waals surface area contributed by atoms with Crippen LogP contribution in [0.3, 0.4) is 0 Å². The zero-order valence-corrected chi connectivity index (χ0v) is 55.7. The second-order valence-electron chi connectivity index (χ2n) is 25.7. The first-order valence-corrected chi connectivity index (χ1v) is 31.5. The molecule has 1 aliphatic heterocycles. The number of nitrogens with one attached hydrogen (secondary N) is 13. The van der Waals surface area contributed by atoms with E-state index in [0.29, 0.717) is 5.69 Å². The standard InChI is InChI=1S/C62H99N17O16/c1-12-31(6)42-57(92)76-43(33(8)81)56(91)68-27-41(82)74-47(49(84)50(64)85)60(95)73-40(28-80)55(90)77-44(34-19-14-13-15-20-34)45(78-54(89)39(25-35-21-16-18-32(7)69-35)71-51(86)36(63)26-62(9,10)11)58(93)79-46(48(83)30(4)5)59(94)72-38(24-29(2)3)53(88)70-37(52(87)75-42)22-17-23-67-61(65)66/h13-16,18-21,29-31,33,36-40,42-49,80-81,83-84H,12,17,22-28,63H2,1-11H3,(H2,64,85)(H,68,91)(H,70,88)(H,71,86)(H,72,94)(H,73,95)(H,74,82)(H,75,87)(H,76,92)(H,77,90)(H,78,89)(H,79,93)(H4,65,66,67)/t31-,33-,36+,37+,38-,39-,40-,42-,43-,44+,45-,46-,47-,48+,49-/m0/s1. The Morgan fingerprint density at radius 1 is 0.684 bits per heavy atom. The molecule has 0 spiro atoms. The number of carbonyl (C=O) groups excluding carboxylic acids is 12. The molecule has 0 unspecified atom stereocenters. The topological polar surface area (TPSA) is 545 Å². The van der Waals surface area contributed by atoms with Gasteiger partial charge in [-0.25, -0.2) is 0 Å². The van der Waals surface area contributed by atoms with Crippen molar-refractivity contribution in [2.45, 2.75) is 199 Å². The van der Waals surface area contributed by atoms with E-state index in [0.717, 1.165) is 6.92 Å². The minimum Gasteiger partial charge on any atom is -0.394 e. The van der Waals surface area contributed by atoms with Crippen LogP contribution >= 0.6 is 0 Å². The van der Waals surface area contributed by atoms with Crippen LogP contribution in [0.2, 0.25) is 0 Å². The van der Waals surface area contributed by atoms with Crippen LogP contribution < -0.4 is 81.0 Å². The van der Waals surface area contributed by atoms with E-state index < -0.39 is 198 Å². The van der Waals surface area contributed by atoms with Crippen molar-refractivity contribution >= 4 is 76.8 Å². The van der Waals surface area contributed by atoms with Gasteiger partial charge in [0.15, 0.2) is 12.1 Å². The first kappa shape index (κ1) is 80.3. The van der Waals surface area contributed by atoms with Gasteiger partial charge in [-0.2, -0.15) is 0 Å². The highest BCUT2D eigenvalue weighted by atomic mass is 16.3. The largest absolute Gasteiger partial charge is 0.394 e. The highest BCUT2D eigenvalue weighted by Gasteiger charge is 2.43. The molecule has 1 aliphatic rings. The number of hydrogen-bond donors (Lipinski definition) is 20. The van der Waals surface area contributed by atoms with E-state index in [4.69, 9.17) is 22.6 Å². The van der Waals surface area contributed by atoms with E-state index in [9.17, 15) is 63.6 Å². The van der Waals surface area contributed by atoms with Crippen molar-refractivity contribution in [2.75, 3.05) is 19.7 Å². The van der Waals surface area contributed by atoms with Gasteiger partial charge in [0.05, 0.1) is 37.4 Å². The first-order valence-electron chi connectivity index (χ1n) is 31.5. The summed E-state index contributed by atoms with van der Waals surface area (Å²) in [5.41, 5.74) is 17.6. The number of pyridine rings is 1. The molecular weight excluding hydrogens is 1240 g/mol. The number of hydrogen-bond acceptors (Lipinski definition) is 19. The van der Waals surface area contributed by atoms with E-state index in [1.807, 2.05) is 26.1 Å². The fraction of sp³-hybridized carbons (Fsp3) is 0.613. The number of aryl methyl sites for hydroxylation is 1. The molecule has 33 nitrogen and oxygen atoms in total. The van der Waals surface area contributed by atoms with Gasteiger partial charge in [0.1, 0.15) is 54.4 Å². The number of amides is 12. The number of aliphatic hydroxyl groups is 4. The fourth-order valence-corrected chi connectivity index (χ4v) is 9.97. The lowest BCUT2D eigenvalue weighted by atomic mass is 9.88. The molecule has 0 radical (unpaired) electrons. The number of aromatic nitrogens is 1. The van der Waals surface area contributed by atoms with Gasteiger partial charge in [0.2, 0.25) is 70.9 Å². The van der Waals surface area contributed by atoms with Gasteiger partial charge >= 0.3 is 0 Å². The van der Waals surface area contributed by atoms with E-state index in [1.165, 1.54) is 38.1 Å². The Labute approximate surface area is 552 Å². The van der Waals surface area contributed by atoms with Gasteiger partial charge < -0.3 is 101 Å². The van der Waals surface area contributed by atoms with Crippen LogP contribution in [0.15, 0.2) is 48.5 Å². The van der Waals surface area contributed by atoms with Gasteiger partial charge in [-0.15, -0.1) is 0 Å². The molecule has 0 aliphatic carbocycles.